The largest absolute Gasteiger partial charge is 0.316 e. The number of halogens is 1. The summed E-state index contributed by atoms with van der Waals surface area (Å²) in [5.74, 6) is 2.67. The summed E-state index contributed by atoms with van der Waals surface area (Å²) in [5.41, 5.74) is 0. The standard InChI is InChI=1S/C14H29Br.Mg.2H/c1-12(2)7-5-8-13(3)9-6-10-14(4)11-15;;;/h12-14H,5-11H2,1-4H3;;;/t13-,14-;;;/m1.../s1. The van der Waals surface area contributed by atoms with Crippen LogP contribution in [0.4, 0.5) is 0 Å². The lowest BCUT2D eigenvalue weighted by Gasteiger charge is -2.13. The molecule has 0 heterocycles. The van der Waals surface area contributed by atoms with Gasteiger partial charge in [-0.3, -0.25) is 0 Å². The van der Waals surface area contributed by atoms with Crippen LogP contribution in [0.15, 0.2) is 0 Å². The monoisotopic (exact) mass is 302 g/mol. The van der Waals surface area contributed by atoms with Gasteiger partial charge in [0, 0.05) is 5.33 Å². The van der Waals surface area contributed by atoms with Crippen molar-refractivity contribution in [1.29, 1.82) is 0 Å². The fraction of sp³-hybridized carbons (Fsp3) is 1.00. The number of hydrogen-bond acceptors (Lipinski definition) is 0. The average Bonchev–Trinajstić information content (AvgIpc) is 2.17. The van der Waals surface area contributed by atoms with E-state index in [1.54, 1.807) is 0 Å². The van der Waals surface area contributed by atoms with Gasteiger partial charge in [0.15, 0.2) is 0 Å². The molecule has 0 rings (SSSR count). The summed E-state index contributed by atoms with van der Waals surface area (Å²) in [6.07, 6.45) is 8.49. The van der Waals surface area contributed by atoms with Gasteiger partial charge in [-0.05, 0) is 24.2 Å². The van der Waals surface area contributed by atoms with Gasteiger partial charge >= 0.3 is 23.1 Å². The molecule has 2 atom stereocenters. The first kappa shape index (κ1) is 19.6. The Morgan fingerprint density at radius 3 is 1.62 bits per heavy atom. The van der Waals surface area contributed by atoms with E-state index < -0.39 is 0 Å². The van der Waals surface area contributed by atoms with Gasteiger partial charge in [-0.15, -0.1) is 0 Å². The molecule has 0 fully saturated rings. The summed E-state index contributed by atoms with van der Waals surface area (Å²) in [4.78, 5) is 0. The number of alkyl halides is 1. The summed E-state index contributed by atoms with van der Waals surface area (Å²) < 4.78 is 0. The van der Waals surface area contributed by atoms with E-state index in [9.17, 15) is 0 Å². The Kier molecular flexibility index (Phi) is 15.5. The van der Waals surface area contributed by atoms with E-state index in [0.717, 1.165) is 23.1 Å². The number of rotatable bonds is 9. The maximum absolute atomic E-state index is 3.54. The first-order valence-electron chi connectivity index (χ1n) is 6.62. The Morgan fingerprint density at radius 1 is 0.750 bits per heavy atom. The maximum Gasteiger partial charge on any atom is 0.316 e. The summed E-state index contributed by atoms with van der Waals surface area (Å²) >= 11 is 3.54. The number of hydrogen-bond donors (Lipinski definition) is 0. The molecule has 0 aliphatic heterocycles. The van der Waals surface area contributed by atoms with Crippen molar-refractivity contribution in [2.75, 3.05) is 5.33 Å². The van der Waals surface area contributed by atoms with Crippen LogP contribution in [0.1, 0.15) is 66.2 Å². The van der Waals surface area contributed by atoms with Gasteiger partial charge < -0.3 is 0 Å². The third-order valence-electron chi connectivity index (χ3n) is 3.14. The highest BCUT2D eigenvalue weighted by molar-refractivity contribution is 9.09. The average molecular weight is 304 g/mol. The summed E-state index contributed by atoms with van der Waals surface area (Å²) in [6, 6.07) is 0. The van der Waals surface area contributed by atoms with Crippen LogP contribution < -0.4 is 0 Å². The minimum absolute atomic E-state index is 0. The topological polar surface area (TPSA) is 0 Å². The molecule has 16 heavy (non-hydrogen) atoms. The fourth-order valence-corrected chi connectivity index (χ4v) is 2.23. The molecular formula is C14H31BrMg. The van der Waals surface area contributed by atoms with Crippen molar-refractivity contribution in [3.63, 3.8) is 0 Å². The molecule has 0 unspecified atom stereocenters. The second-order valence-corrected chi connectivity index (χ2v) is 6.27. The Bertz CT molecular complexity index is 137. The molecule has 0 amide bonds. The molecule has 2 heteroatoms. The zero-order valence-corrected chi connectivity index (χ0v) is 12.6. The van der Waals surface area contributed by atoms with Gasteiger partial charge in [0.25, 0.3) is 0 Å². The van der Waals surface area contributed by atoms with Gasteiger partial charge in [-0.1, -0.05) is 75.7 Å². The lowest BCUT2D eigenvalue weighted by molar-refractivity contribution is 0.409. The SMILES string of the molecule is CC(C)CCC[C@@H](C)CCC[C@@H](C)CBr.[MgH2]. The van der Waals surface area contributed by atoms with E-state index in [0.29, 0.717) is 0 Å². The van der Waals surface area contributed by atoms with Crippen molar-refractivity contribution in [2.45, 2.75) is 66.2 Å². The van der Waals surface area contributed by atoms with Crippen molar-refractivity contribution >= 4 is 39.0 Å². The molecule has 0 aliphatic rings. The molecule has 0 aromatic heterocycles. The normalized spacial score (nSPS) is 14.6. The molecule has 0 aromatic rings. The van der Waals surface area contributed by atoms with Gasteiger partial charge in [0.05, 0.1) is 0 Å². The van der Waals surface area contributed by atoms with Gasteiger partial charge in [-0.2, -0.15) is 0 Å². The highest BCUT2D eigenvalue weighted by atomic mass is 79.9. The van der Waals surface area contributed by atoms with E-state index >= 15 is 0 Å². The molecule has 0 saturated carbocycles. The third-order valence-corrected chi connectivity index (χ3v) is 4.24. The van der Waals surface area contributed by atoms with E-state index in [-0.39, 0.29) is 23.1 Å². The van der Waals surface area contributed by atoms with Crippen LogP contribution in [-0.2, 0) is 0 Å². The zero-order valence-electron chi connectivity index (χ0n) is 11.1. The van der Waals surface area contributed by atoms with Crippen molar-refractivity contribution in [2.24, 2.45) is 17.8 Å². The highest BCUT2D eigenvalue weighted by Crippen LogP contribution is 2.19. The predicted molar refractivity (Wildman–Crippen MR) is 83.2 cm³/mol. The summed E-state index contributed by atoms with van der Waals surface area (Å²) in [6.45, 7) is 9.39. The Labute approximate surface area is 128 Å². The van der Waals surface area contributed by atoms with Crippen LogP contribution in [0.3, 0.4) is 0 Å². The highest BCUT2D eigenvalue weighted by Gasteiger charge is 2.05. The minimum Gasteiger partial charge on any atom is -0.0925 e. The van der Waals surface area contributed by atoms with E-state index in [1.807, 2.05) is 0 Å². The first-order chi connectivity index (χ1) is 7.06. The molecule has 0 aromatic carbocycles. The van der Waals surface area contributed by atoms with Gasteiger partial charge in [-0.25, -0.2) is 0 Å². The second-order valence-electron chi connectivity index (χ2n) is 5.62. The minimum atomic E-state index is 0. The molecule has 0 aliphatic carbocycles. The summed E-state index contributed by atoms with van der Waals surface area (Å²) in [5, 5.41) is 1.16. The van der Waals surface area contributed by atoms with Crippen molar-refractivity contribution < 1.29 is 0 Å². The van der Waals surface area contributed by atoms with Crippen LogP contribution in [0.25, 0.3) is 0 Å². The molecule has 0 bridgehead atoms. The first-order valence-corrected chi connectivity index (χ1v) is 7.74. The lowest BCUT2D eigenvalue weighted by Crippen LogP contribution is -2.00. The van der Waals surface area contributed by atoms with Crippen LogP contribution in [0.5, 0.6) is 0 Å². The Hall–Kier alpha value is 1.25. The van der Waals surface area contributed by atoms with Gasteiger partial charge in [0.1, 0.15) is 0 Å². The smallest absolute Gasteiger partial charge is 0.0925 e. The third kappa shape index (κ3) is 13.3. The van der Waals surface area contributed by atoms with Crippen LogP contribution >= 0.6 is 15.9 Å². The molecule has 0 saturated heterocycles. The molecule has 0 spiro atoms. The van der Waals surface area contributed by atoms with E-state index in [2.05, 4.69) is 43.6 Å². The summed E-state index contributed by atoms with van der Waals surface area (Å²) in [7, 11) is 0. The molecular weight excluding hydrogens is 272 g/mol. The zero-order chi connectivity index (χ0) is 11.7. The van der Waals surface area contributed by atoms with Crippen LogP contribution in [0, 0.1) is 17.8 Å². The second kappa shape index (κ2) is 12.7. The van der Waals surface area contributed by atoms with Crippen molar-refractivity contribution in [3.8, 4) is 0 Å². The van der Waals surface area contributed by atoms with Crippen molar-refractivity contribution in [3.05, 3.63) is 0 Å². The lowest BCUT2D eigenvalue weighted by atomic mass is 9.94. The van der Waals surface area contributed by atoms with Crippen LogP contribution in [-0.4, -0.2) is 28.4 Å². The molecule has 0 N–H and O–H groups in total. The molecule has 96 valence electrons. The fourth-order valence-electron chi connectivity index (χ4n) is 1.91. The quantitative estimate of drug-likeness (QED) is 0.426. The van der Waals surface area contributed by atoms with E-state index in [4.69, 9.17) is 0 Å². The maximum atomic E-state index is 3.54. The molecule has 0 nitrogen and oxygen atoms in total. The van der Waals surface area contributed by atoms with Gasteiger partial charge in [0.2, 0.25) is 0 Å². The van der Waals surface area contributed by atoms with E-state index in [1.165, 1.54) is 38.5 Å². The van der Waals surface area contributed by atoms with Crippen LogP contribution in [0.2, 0.25) is 0 Å². The predicted octanol–water partition coefficient (Wildman–Crippen LogP) is 4.73. The Balaban J connectivity index is 0. The molecule has 0 radical (unpaired) electrons. The Morgan fingerprint density at radius 2 is 1.19 bits per heavy atom. The van der Waals surface area contributed by atoms with Crippen molar-refractivity contribution in [1.82, 2.24) is 0 Å².